The van der Waals surface area contributed by atoms with Gasteiger partial charge >= 0.3 is 6.03 Å². The molecule has 204 valence electrons. The number of rotatable bonds is 8. The van der Waals surface area contributed by atoms with Crippen molar-refractivity contribution in [2.75, 3.05) is 16.8 Å². The maximum absolute atomic E-state index is 13.5. The van der Waals surface area contributed by atoms with E-state index < -0.39 is 0 Å². The number of nitrogens with zero attached hydrogens (tertiary/aromatic N) is 2. The highest BCUT2D eigenvalue weighted by molar-refractivity contribution is 7.21. The van der Waals surface area contributed by atoms with Crippen LogP contribution in [0.4, 0.5) is 21.9 Å². The number of hydrogen-bond donors (Lipinski definition) is 3. The Bertz CT molecular complexity index is 1450. The van der Waals surface area contributed by atoms with Gasteiger partial charge in [0.1, 0.15) is 4.88 Å². The van der Waals surface area contributed by atoms with E-state index >= 15 is 0 Å². The van der Waals surface area contributed by atoms with Crippen LogP contribution in [0.25, 0.3) is 10.1 Å². The number of urea groups is 1. The predicted molar refractivity (Wildman–Crippen MR) is 154 cm³/mol. The Hall–Kier alpha value is -3.92. The molecule has 2 atom stereocenters. The Labute approximate surface area is 231 Å². The molecule has 39 heavy (non-hydrogen) atoms. The van der Waals surface area contributed by atoms with E-state index in [1.165, 1.54) is 17.4 Å². The van der Waals surface area contributed by atoms with E-state index in [1.807, 2.05) is 31.2 Å². The fraction of sp³-hybridized carbons (Fsp3) is 0.379. The van der Waals surface area contributed by atoms with E-state index in [2.05, 4.69) is 41.4 Å². The van der Waals surface area contributed by atoms with Crippen molar-refractivity contribution in [1.82, 2.24) is 15.6 Å². The van der Waals surface area contributed by atoms with Crippen molar-refractivity contribution in [3.63, 3.8) is 0 Å². The monoisotopic (exact) mass is 547 g/mol. The molecule has 0 saturated heterocycles. The van der Waals surface area contributed by atoms with E-state index in [9.17, 15) is 14.4 Å². The maximum Gasteiger partial charge on any atom is 0.331 e. The van der Waals surface area contributed by atoms with Crippen LogP contribution in [0.3, 0.4) is 0 Å². The van der Waals surface area contributed by atoms with Crippen LogP contribution < -0.4 is 25.6 Å². The minimum absolute atomic E-state index is 0.164. The molecular weight excluding hydrogens is 514 g/mol. The number of thiophene rings is 1. The number of amides is 4. The Morgan fingerprint density at radius 3 is 2.67 bits per heavy atom. The smallest absolute Gasteiger partial charge is 0.331 e. The van der Waals surface area contributed by atoms with Crippen LogP contribution >= 0.6 is 11.3 Å². The van der Waals surface area contributed by atoms with Crippen LogP contribution in [0, 0.1) is 12.8 Å². The first-order valence-electron chi connectivity index (χ1n) is 13.3. The summed E-state index contributed by atoms with van der Waals surface area (Å²) in [4.78, 5) is 45.4. The van der Waals surface area contributed by atoms with Crippen LogP contribution in [0.15, 0.2) is 43.1 Å². The van der Waals surface area contributed by atoms with E-state index in [0.29, 0.717) is 40.3 Å². The van der Waals surface area contributed by atoms with E-state index in [-0.39, 0.29) is 29.9 Å². The molecule has 2 aromatic heterocycles. The molecule has 5 rings (SSSR count). The van der Waals surface area contributed by atoms with Crippen molar-refractivity contribution in [2.24, 2.45) is 5.92 Å². The summed E-state index contributed by atoms with van der Waals surface area (Å²) in [5.41, 5.74) is 2.69. The normalized spacial score (nSPS) is 18.6. The fourth-order valence-electron chi connectivity index (χ4n) is 5.15. The van der Waals surface area contributed by atoms with Gasteiger partial charge in [0.05, 0.1) is 29.9 Å². The van der Waals surface area contributed by atoms with Gasteiger partial charge < -0.3 is 20.7 Å². The van der Waals surface area contributed by atoms with Gasteiger partial charge in [-0.1, -0.05) is 39.3 Å². The van der Waals surface area contributed by atoms with E-state index in [4.69, 9.17) is 4.74 Å². The average molecular weight is 548 g/mol. The van der Waals surface area contributed by atoms with Gasteiger partial charge in [-0.3, -0.25) is 14.5 Å². The van der Waals surface area contributed by atoms with E-state index in [0.717, 1.165) is 41.3 Å². The number of aryl methyl sites for hydroxylation is 1. The van der Waals surface area contributed by atoms with Gasteiger partial charge in [-0.15, -0.1) is 11.3 Å². The van der Waals surface area contributed by atoms with Gasteiger partial charge in [0, 0.05) is 28.2 Å². The molecule has 1 unspecified atom stereocenters. The summed E-state index contributed by atoms with van der Waals surface area (Å²) < 4.78 is 6.65. The first-order chi connectivity index (χ1) is 18.8. The second-order valence-corrected chi connectivity index (χ2v) is 11.5. The minimum Gasteiger partial charge on any atom is -0.477 e. The lowest BCUT2D eigenvalue weighted by molar-refractivity contribution is -0.117. The molecule has 3 heterocycles. The SMILES string of the molecule is C=CC(=O)NC1CCCC[C@H]1NC(=O)c1sc2cccc3c2c1NC(=O)N3c1cnc(OCC(C)C)cc1C. The molecule has 4 amide bonds. The molecule has 1 fully saturated rings. The highest BCUT2D eigenvalue weighted by Crippen LogP contribution is 2.47. The quantitative estimate of drug-likeness (QED) is 0.315. The third kappa shape index (κ3) is 5.34. The molecule has 1 aliphatic heterocycles. The Morgan fingerprint density at radius 1 is 1.23 bits per heavy atom. The van der Waals surface area contributed by atoms with Gasteiger partial charge in [-0.25, -0.2) is 9.78 Å². The summed E-state index contributed by atoms with van der Waals surface area (Å²) in [6.45, 7) is 10.1. The Kier molecular flexibility index (Phi) is 7.56. The van der Waals surface area contributed by atoms with Crippen molar-refractivity contribution in [3.8, 4) is 5.88 Å². The molecular formula is C29H33N5O4S. The molecule has 1 aromatic carbocycles. The highest BCUT2D eigenvalue weighted by Gasteiger charge is 2.34. The fourth-order valence-corrected chi connectivity index (χ4v) is 6.23. The number of pyridine rings is 1. The summed E-state index contributed by atoms with van der Waals surface area (Å²) in [5, 5.41) is 9.85. The van der Waals surface area contributed by atoms with E-state index in [1.54, 1.807) is 11.1 Å². The summed E-state index contributed by atoms with van der Waals surface area (Å²) in [5.74, 6) is 0.371. The number of anilines is 3. The topological polar surface area (TPSA) is 113 Å². The lowest BCUT2D eigenvalue weighted by Gasteiger charge is -2.32. The van der Waals surface area contributed by atoms with Crippen LogP contribution in [0.5, 0.6) is 5.88 Å². The van der Waals surface area contributed by atoms with Crippen molar-refractivity contribution in [3.05, 3.63) is 53.6 Å². The molecule has 0 spiro atoms. The maximum atomic E-state index is 13.5. The molecule has 3 aromatic rings. The van der Waals surface area contributed by atoms with Gasteiger partial charge in [0.25, 0.3) is 5.91 Å². The molecule has 0 bridgehead atoms. The number of carbonyl (C=O) groups is 3. The van der Waals surface area contributed by atoms with Crippen molar-refractivity contribution in [2.45, 2.75) is 58.5 Å². The van der Waals surface area contributed by atoms with Crippen molar-refractivity contribution >= 4 is 56.3 Å². The number of carbonyl (C=O) groups excluding carboxylic acids is 3. The molecule has 10 heteroatoms. The average Bonchev–Trinajstić information content (AvgIpc) is 3.29. The molecule has 2 aliphatic rings. The van der Waals surface area contributed by atoms with Crippen LogP contribution in [0.2, 0.25) is 0 Å². The van der Waals surface area contributed by atoms with Gasteiger partial charge in [-0.2, -0.15) is 0 Å². The lowest BCUT2D eigenvalue weighted by Crippen LogP contribution is -2.52. The zero-order valence-electron chi connectivity index (χ0n) is 22.4. The predicted octanol–water partition coefficient (Wildman–Crippen LogP) is 5.67. The van der Waals surface area contributed by atoms with Crippen LogP contribution in [-0.4, -0.2) is 41.5 Å². The summed E-state index contributed by atoms with van der Waals surface area (Å²) >= 11 is 1.34. The third-order valence-corrected chi connectivity index (χ3v) is 8.19. The number of hydrogen-bond acceptors (Lipinski definition) is 6. The van der Waals surface area contributed by atoms with Gasteiger partial charge in [-0.05, 0) is 49.5 Å². The standard InChI is InChI=1S/C29H33N5O4S/c1-5-23(35)31-18-9-6-7-10-19(18)32-28(36)27-26-25-20(11-8-12-22(25)39-27)34(29(37)33-26)21-14-30-24(13-17(21)4)38-15-16(2)3/h5,8,11-14,16,18-19H,1,6-7,9-10,15H2,2-4H3,(H,31,35)(H,32,36)(H,33,37)/t18?,19-/m1/s1. The number of ether oxygens (including phenoxy) is 1. The second kappa shape index (κ2) is 11.1. The van der Waals surface area contributed by atoms with Gasteiger partial charge in [0.15, 0.2) is 0 Å². The molecule has 1 saturated carbocycles. The summed E-state index contributed by atoms with van der Waals surface area (Å²) in [6, 6.07) is 6.81. The van der Waals surface area contributed by atoms with Crippen LogP contribution in [-0.2, 0) is 4.79 Å². The van der Waals surface area contributed by atoms with Crippen molar-refractivity contribution < 1.29 is 19.1 Å². The largest absolute Gasteiger partial charge is 0.477 e. The summed E-state index contributed by atoms with van der Waals surface area (Å²) in [7, 11) is 0. The molecule has 1 aliphatic carbocycles. The number of nitrogens with one attached hydrogen (secondary N) is 3. The van der Waals surface area contributed by atoms with Crippen LogP contribution in [0.1, 0.15) is 54.8 Å². The number of aromatic nitrogens is 1. The summed E-state index contributed by atoms with van der Waals surface area (Å²) in [6.07, 6.45) is 6.40. The first-order valence-corrected chi connectivity index (χ1v) is 14.1. The zero-order valence-corrected chi connectivity index (χ0v) is 23.2. The zero-order chi connectivity index (χ0) is 27.7. The Morgan fingerprint density at radius 2 is 1.97 bits per heavy atom. The highest BCUT2D eigenvalue weighted by atomic mass is 32.1. The molecule has 0 radical (unpaired) electrons. The Balaban J connectivity index is 1.45. The van der Waals surface area contributed by atoms with Gasteiger partial charge in [0.2, 0.25) is 11.8 Å². The number of benzene rings is 1. The third-order valence-electron chi connectivity index (χ3n) is 7.03. The lowest BCUT2D eigenvalue weighted by atomic mass is 9.90. The molecule has 3 N–H and O–H groups in total. The molecule has 9 nitrogen and oxygen atoms in total. The van der Waals surface area contributed by atoms with Crippen molar-refractivity contribution in [1.29, 1.82) is 0 Å². The minimum atomic E-state index is -0.364. The second-order valence-electron chi connectivity index (χ2n) is 10.4. The first kappa shape index (κ1) is 26.7.